The van der Waals surface area contributed by atoms with E-state index in [2.05, 4.69) is 24.2 Å². The van der Waals surface area contributed by atoms with Gasteiger partial charge >= 0.3 is 0 Å². The van der Waals surface area contributed by atoms with Crippen molar-refractivity contribution in [1.29, 1.82) is 0 Å². The van der Waals surface area contributed by atoms with E-state index in [4.69, 9.17) is 5.73 Å². The Morgan fingerprint density at radius 3 is 2.80 bits per heavy atom. The molecule has 15 heavy (non-hydrogen) atoms. The molecule has 0 fully saturated rings. The van der Waals surface area contributed by atoms with Crippen LogP contribution in [0.3, 0.4) is 0 Å². The van der Waals surface area contributed by atoms with E-state index >= 15 is 0 Å². The normalized spacial score (nSPS) is 15.2. The zero-order valence-electron chi connectivity index (χ0n) is 9.99. The minimum atomic E-state index is 0.271. The molecule has 1 aromatic heterocycles. The molecule has 0 aliphatic rings. The molecular weight excluding hydrogens is 204 g/mol. The zero-order chi connectivity index (χ0) is 11.3. The maximum absolute atomic E-state index is 6.11. The van der Waals surface area contributed by atoms with Gasteiger partial charge in [-0.05, 0) is 19.3 Å². The van der Waals surface area contributed by atoms with Gasteiger partial charge in [0, 0.05) is 17.8 Å². The molecule has 0 spiro atoms. The summed E-state index contributed by atoms with van der Waals surface area (Å²) >= 11 is 1.71. The van der Waals surface area contributed by atoms with Crippen LogP contribution in [-0.4, -0.2) is 11.0 Å². The molecule has 2 N–H and O–H groups in total. The summed E-state index contributed by atoms with van der Waals surface area (Å²) in [5, 5.41) is 3.26. The summed E-state index contributed by atoms with van der Waals surface area (Å²) in [4.78, 5) is 4.44. The minimum Gasteiger partial charge on any atom is -0.327 e. The number of nitrogens with zero attached hydrogens (tertiary/aromatic N) is 1. The van der Waals surface area contributed by atoms with E-state index in [-0.39, 0.29) is 6.04 Å². The van der Waals surface area contributed by atoms with E-state index in [9.17, 15) is 0 Å². The van der Waals surface area contributed by atoms with Crippen molar-refractivity contribution in [3.8, 4) is 0 Å². The van der Waals surface area contributed by atoms with Crippen molar-refractivity contribution < 1.29 is 0 Å². The van der Waals surface area contributed by atoms with Gasteiger partial charge in [-0.1, -0.05) is 26.7 Å². The van der Waals surface area contributed by atoms with Crippen LogP contribution in [-0.2, 0) is 6.42 Å². The van der Waals surface area contributed by atoms with Crippen LogP contribution in [0.25, 0.3) is 0 Å². The lowest BCUT2D eigenvalue weighted by Crippen LogP contribution is -2.25. The number of nitrogens with two attached hydrogens (primary N) is 1. The van der Waals surface area contributed by atoms with Crippen molar-refractivity contribution in [2.75, 3.05) is 0 Å². The highest BCUT2D eigenvalue weighted by Gasteiger charge is 2.10. The fourth-order valence-corrected chi connectivity index (χ4v) is 2.61. The summed E-state index contributed by atoms with van der Waals surface area (Å²) < 4.78 is 0. The van der Waals surface area contributed by atoms with Crippen LogP contribution in [0.4, 0.5) is 0 Å². The zero-order valence-corrected chi connectivity index (χ0v) is 10.8. The van der Waals surface area contributed by atoms with Crippen LogP contribution >= 0.6 is 11.3 Å². The standard InChI is InChI=1S/C12H22N2S/c1-4-5-9(2)6-11(13)7-12-8-15-10(3)14-12/h8-9,11H,4-7,13H2,1-3H3. The molecule has 0 saturated heterocycles. The minimum absolute atomic E-state index is 0.271. The SMILES string of the molecule is CCCC(C)CC(N)Cc1csc(C)n1. The predicted molar refractivity (Wildman–Crippen MR) is 67.2 cm³/mol. The first-order valence-electron chi connectivity index (χ1n) is 5.78. The van der Waals surface area contributed by atoms with Gasteiger partial charge in [-0.3, -0.25) is 0 Å². The van der Waals surface area contributed by atoms with Gasteiger partial charge in [0.05, 0.1) is 10.7 Å². The molecule has 0 aliphatic heterocycles. The average Bonchev–Trinajstić information content (AvgIpc) is 2.51. The number of hydrogen-bond acceptors (Lipinski definition) is 3. The summed E-state index contributed by atoms with van der Waals surface area (Å²) in [6.45, 7) is 6.56. The van der Waals surface area contributed by atoms with Gasteiger partial charge in [-0.25, -0.2) is 4.98 Å². The van der Waals surface area contributed by atoms with Crippen molar-refractivity contribution >= 4 is 11.3 Å². The third kappa shape index (κ3) is 4.76. The quantitative estimate of drug-likeness (QED) is 0.809. The maximum Gasteiger partial charge on any atom is 0.0897 e. The second-order valence-corrected chi connectivity index (χ2v) is 5.51. The van der Waals surface area contributed by atoms with Crippen LogP contribution in [0, 0.1) is 12.8 Å². The van der Waals surface area contributed by atoms with Crippen molar-refractivity contribution in [2.24, 2.45) is 11.7 Å². The number of rotatable bonds is 6. The molecule has 1 aromatic rings. The topological polar surface area (TPSA) is 38.9 Å². The lowest BCUT2D eigenvalue weighted by atomic mass is 9.95. The highest BCUT2D eigenvalue weighted by molar-refractivity contribution is 7.09. The van der Waals surface area contributed by atoms with Crippen molar-refractivity contribution in [3.63, 3.8) is 0 Å². The maximum atomic E-state index is 6.11. The molecule has 86 valence electrons. The molecular formula is C12H22N2S. The number of aromatic nitrogens is 1. The van der Waals surface area contributed by atoms with Gasteiger partial charge < -0.3 is 5.73 Å². The van der Waals surface area contributed by atoms with Gasteiger partial charge in [0.15, 0.2) is 0 Å². The Labute approximate surface area is 96.9 Å². The summed E-state index contributed by atoms with van der Waals surface area (Å²) in [5.74, 6) is 0.740. The molecule has 0 aromatic carbocycles. The molecule has 2 atom stereocenters. The summed E-state index contributed by atoms with van der Waals surface area (Å²) in [7, 11) is 0. The molecule has 2 unspecified atom stereocenters. The van der Waals surface area contributed by atoms with E-state index in [0.717, 1.165) is 29.5 Å². The Morgan fingerprint density at radius 1 is 1.53 bits per heavy atom. The molecule has 0 saturated carbocycles. The Bertz CT molecular complexity index is 283. The third-order valence-corrected chi connectivity index (χ3v) is 3.45. The second kappa shape index (κ2) is 6.23. The first-order valence-corrected chi connectivity index (χ1v) is 6.66. The fourth-order valence-electron chi connectivity index (χ4n) is 1.98. The van der Waals surface area contributed by atoms with Gasteiger partial charge in [-0.15, -0.1) is 11.3 Å². The van der Waals surface area contributed by atoms with Crippen molar-refractivity contribution in [3.05, 3.63) is 16.1 Å². The van der Waals surface area contributed by atoms with Crippen LogP contribution in [0.2, 0.25) is 0 Å². The number of thiazole rings is 1. The summed E-state index contributed by atoms with van der Waals surface area (Å²) in [5.41, 5.74) is 7.27. The second-order valence-electron chi connectivity index (χ2n) is 4.45. The first-order chi connectivity index (χ1) is 7.11. The Kier molecular flexibility index (Phi) is 5.26. The lowest BCUT2D eigenvalue weighted by molar-refractivity contribution is 0.430. The van der Waals surface area contributed by atoms with E-state index < -0.39 is 0 Å². The van der Waals surface area contributed by atoms with E-state index in [1.54, 1.807) is 11.3 Å². The Balaban J connectivity index is 2.32. The smallest absolute Gasteiger partial charge is 0.0897 e. The molecule has 0 aliphatic carbocycles. The largest absolute Gasteiger partial charge is 0.327 e. The average molecular weight is 226 g/mol. The highest BCUT2D eigenvalue weighted by Crippen LogP contribution is 2.15. The van der Waals surface area contributed by atoms with Gasteiger partial charge in [0.1, 0.15) is 0 Å². The molecule has 1 heterocycles. The van der Waals surface area contributed by atoms with Gasteiger partial charge in [-0.2, -0.15) is 0 Å². The monoisotopic (exact) mass is 226 g/mol. The third-order valence-electron chi connectivity index (χ3n) is 2.62. The van der Waals surface area contributed by atoms with Crippen LogP contribution in [0.5, 0.6) is 0 Å². The van der Waals surface area contributed by atoms with Gasteiger partial charge in [0.25, 0.3) is 0 Å². The number of hydrogen-bond donors (Lipinski definition) is 1. The Hall–Kier alpha value is -0.410. The van der Waals surface area contributed by atoms with Crippen LogP contribution in [0.1, 0.15) is 43.8 Å². The Morgan fingerprint density at radius 2 is 2.27 bits per heavy atom. The first kappa shape index (κ1) is 12.7. The summed E-state index contributed by atoms with van der Waals surface area (Å²) in [6.07, 6.45) is 4.58. The highest BCUT2D eigenvalue weighted by atomic mass is 32.1. The van der Waals surface area contributed by atoms with Crippen LogP contribution in [0.15, 0.2) is 5.38 Å². The molecule has 0 radical (unpaired) electrons. The molecule has 0 bridgehead atoms. The van der Waals surface area contributed by atoms with E-state index in [1.807, 2.05) is 6.92 Å². The van der Waals surface area contributed by atoms with E-state index in [1.165, 1.54) is 12.8 Å². The predicted octanol–water partition coefficient (Wildman–Crippen LogP) is 3.15. The van der Waals surface area contributed by atoms with Gasteiger partial charge in [0.2, 0.25) is 0 Å². The van der Waals surface area contributed by atoms with Crippen LogP contribution < -0.4 is 5.73 Å². The molecule has 0 amide bonds. The fraction of sp³-hybridized carbons (Fsp3) is 0.750. The van der Waals surface area contributed by atoms with Crippen molar-refractivity contribution in [1.82, 2.24) is 4.98 Å². The molecule has 1 rings (SSSR count). The van der Waals surface area contributed by atoms with Crippen molar-refractivity contribution in [2.45, 2.75) is 52.5 Å². The summed E-state index contributed by atoms with van der Waals surface area (Å²) in [6, 6.07) is 0.271. The lowest BCUT2D eigenvalue weighted by Gasteiger charge is -2.15. The molecule has 2 nitrogen and oxygen atoms in total. The number of aryl methyl sites for hydroxylation is 1. The molecule has 3 heteroatoms. The van der Waals surface area contributed by atoms with E-state index in [0.29, 0.717) is 0 Å².